The van der Waals surface area contributed by atoms with E-state index >= 15 is 0 Å². The predicted octanol–water partition coefficient (Wildman–Crippen LogP) is -7.24. The molecule has 3 saturated heterocycles. The van der Waals surface area contributed by atoms with Gasteiger partial charge in [0.25, 0.3) is 0 Å². The number of methoxy groups -OCH3 is 1. The smallest absolute Gasteiger partial charge is 0.229 e. The number of benzene rings is 1. The normalized spacial score (nSPS) is 41.3. The van der Waals surface area contributed by atoms with E-state index < -0.39 is 122 Å². The van der Waals surface area contributed by atoms with E-state index in [9.17, 15) is 63.7 Å². The summed E-state index contributed by atoms with van der Waals surface area (Å²) < 4.78 is 76.5. The molecule has 0 aliphatic carbocycles. The highest BCUT2D eigenvalue weighted by molar-refractivity contribution is 7.80. The van der Waals surface area contributed by atoms with Crippen LogP contribution in [0.25, 0.3) is 0 Å². The third-order valence-electron chi connectivity index (χ3n) is 7.54. The highest BCUT2D eigenvalue weighted by atomic mass is 32.3. The number of aliphatic hydroxyl groups is 8. The maximum absolute atomic E-state index is 11.5. The van der Waals surface area contributed by atoms with Gasteiger partial charge in [0.2, 0.25) is 16.7 Å². The van der Waals surface area contributed by atoms with Gasteiger partial charge in [-0.15, -0.1) is 0 Å². The summed E-state index contributed by atoms with van der Waals surface area (Å²) in [4.78, 5) is 11.4. The Labute approximate surface area is 265 Å². The molecule has 1 aromatic carbocycles. The minimum atomic E-state index is -5.65. The van der Waals surface area contributed by atoms with Crippen molar-refractivity contribution in [3.8, 4) is 11.5 Å². The first-order chi connectivity index (χ1) is 22.1. The molecule has 22 heteroatoms. The topological polar surface area (TPSA) is 333 Å². The second kappa shape index (κ2) is 15.5. The van der Waals surface area contributed by atoms with Crippen LogP contribution in [0.5, 0.6) is 11.5 Å². The van der Waals surface area contributed by atoms with Gasteiger partial charge in [0.15, 0.2) is 12.6 Å². The second-order valence-electron chi connectivity index (χ2n) is 10.6. The van der Waals surface area contributed by atoms with Crippen molar-refractivity contribution < 1.29 is 101 Å². The number of hydrogen-bond acceptors (Lipinski definition) is 21. The fraction of sp³-hybridized carbons (Fsp3) is 0.720. The van der Waals surface area contributed by atoms with Crippen molar-refractivity contribution >= 4 is 16.4 Å². The van der Waals surface area contributed by atoms with Crippen molar-refractivity contribution in [1.29, 1.82) is 0 Å². The first-order valence-electron chi connectivity index (χ1n) is 13.8. The number of rotatable bonds is 12. The molecule has 0 radical (unpaired) electrons. The van der Waals surface area contributed by atoms with Gasteiger partial charge in [0, 0.05) is 0 Å². The Hall–Kier alpha value is -2.36. The van der Waals surface area contributed by atoms with Crippen LogP contribution < -0.4 is 14.6 Å². The van der Waals surface area contributed by atoms with E-state index in [-0.39, 0.29) is 5.75 Å². The number of carbonyl (C=O) groups is 1. The monoisotopic (exact) mass is 702 g/mol. The van der Waals surface area contributed by atoms with Gasteiger partial charge in [-0.05, 0) is 24.3 Å². The molecule has 47 heavy (non-hydrogen) atoms. The third kappa shape index (κ3) is 8.45. The molecule has 3 aliphatic heterocycles. The lowest BCUT2D eigenvalue weighted by molar-refractivity contribution is -0.382. The highest BCUT2D eigenvalue weighted by Crippen LogP contribution is 2.34. The fourth-order valence-electron chi connectivity index (χ4n) is 5.13. The quantitative estimate of drug-likeness (QED) is 0.0740. The average molecular weight is 703 g/mol. The molecule has 3 fully saturated rings. The summed E-state index contributed by atoms with van der Waals surface area (Å²) in [7, 11) is -4.23. The predicted molar refractivity (Wildman–Crippen MR) is 139 cm³/mol. The molecule has 4 rings (SSSR count). The van der Waals surface area contributed by atoms with E-state index in [0.717, 1.165) is 0 Å². The summed E-state index contributed by atoms with van der Waals surface area (Å²) in [6.45, 7) is -2.00. The van der Waals surface area contributed by atoms with E-state index in [0.29, 0.717) is 5.75 Å². The van der Waals surface area contributed by atoms with Crippen LogP contribution in [-0.4, -0.2) is 172 Å². The van der Waals surface area contributed by atoms with Crippen molar-refractivity contribution in [3.05, 3.63) is 24.3 Å². The molecule has 0 spiro atoms. The van der Waals surface area contributed by atoms with Crippen LogP contribution in [0.3, 0.4) is 0 Å². The maximum Gasteiger partial charge on any atom is 0.229 e. The molecule has 0 bridgehead atoms. The minimum Gasteiger partial charge on any atom is -0.726 e. The van der Waals surface area contributed by atoms with Gasteiger partial charge in [0.05, 0.1) is 26.3 Å². The van der Waals surface area contributed by atoms with Crippen LogP contribution in [0.1, 0.15) is 0 Å². The lowest BCUT2D eigenvalue weighted by Crippen LogP contribution is -2.68. The van der Waals surface area contributed by atoms with Crippen LogP contribution >= 0.6 is 0 Å². The molecular formula is C25H34O21S-2. The summed E-state index contributed by atoms with van der Waals surface area (Å²) >= 11 is 0. The SMILES string of the molecule is COc1ccc(O[C@@H]2O[C@H](CO)[C@H](O)[C@H](O[C@@H]3O[C@H](CO)[C@H](OS(=O)(=O)[O-])[C@H](O[C@@H]4O[C@H](C(=O)[O-])[C@@H](O)[C@H](O)[C@H]4O)[C@H]3O)[C@H]2O)cc1. The van der Waals surface area contributed by atoms with Gasteiger partial charge in [-0.3, -0.25) is 4.18 Å². The Morgan fingerprint density at radius 3 is 1.81 bits per heavy atom. The van der Waals surface area contributed by atoms with Gasteiger partial charge in [-0.1, -0.05) is 0 Å². The van der Waals surface area contributed by atoms with E-state index in [1.165, 1.54) is 31.4 Å². The van der Waals surface area contributed by atoms with Crippen molar-refractivity contribution in [2.75, 3.05) is 20.3 Å². The Bertz CT molecular complexity index is 1280. The summed E-state index contributed by atoms with van der Waals surface area (Å²) in [5, 5.41) is 94.7. The Morgan fingerprint density at radius 1 is 0.723 bits per heavy atom. The summed E-state index contributed by atoms with van der Waals surface area (Å²) in [5.74, 6) is -1.47. The number of hydrogen-bond donors (Lipinski definition) is 8. The standard InChI is InChI=1S/C25H36O21S/c1-39-8-2-4-9(5-3-8)40-24-16(32)19(12(28)10(6-26)41-24)43-25-17(33)20(18(11(7-27)42-25)46-47(36,37)38)44-23-15(31)13(29)14(30)21(45-23)22(34)35/h2-5,10-21,23-33H,6-7H2,1H3,(H,34,35)(H,36,37,38)/p-2/t10-,11-,12+,13+,14+,15-,16-,17-,18+,19+,20-,21+,23-,24-,25+/m1/s1. The highest BCUT2D eigenvalue weighted by Gasteiger charge is 2.55. The number of aliphatic hydroxyl groups excluding tert-OH is 8. The van der Waals surface area contributed by atoms with Crippen molar-refractivity contribution in [2.24, 2.45) is 0 Å². The van der Waals surface area contributed by atoms with Gasteiger partial charge in [0.1, 0.15) is 84.7 Å². The zero-order chi connectivity index (χ0) is 34.8. The number of carboxylic acids is 1. The van der Waals surface area contributed by atoms with Gasteiger partial charge < -0.3 is 88.5 Å². The summed E-state index contributed by atoms with van der Waals surface area (Å²) in [5.41, 5.74) is 0. The van der Waals surface area contributed by atoms with Crippen LogP contribution in [0.4, 0.5) is 0 Å². The van der Waals surface area contributed by atoms with Crippen LogP contribution in [-0.2, 0) is 43.1 Å². The number of carbonyl (C=O) groups excluding carboxylic acids is 1. The first kappa shape index (κ1) is 37.5. The molecule has 1 aromatic rings. The van der Waals surface area contributed by atoms with E-state index in [4.69, 9.17) is 33.2 Å². The Kier molecular flexibility index (Phi) is 12.3. The number of ether oxygens (including phenoxy) is 7. The van der Waals surface area contributed by atoms with Crippen LogP contribution in [0.2, 0.25) is 0 Å². The zero-order valence-electron chi connectivity index (χ0n) is 24.2. The molecule has 15 atom stereocenters. The van der Waals surface area contributed by atoms with Crippen LogP contribution in [0, 0.1) is 0 Å². The molecular weight excluding hydrogens is 668 g/mol. The molecule has 0 aromatic heterocycles. The first-order valence-corrected chi connectivity index (χ1v) is 15.2. The van der Waals surface area contributed by atoms with Gasteiger partial charge >= 0.3 is 0 Å². The van der Waals surface area contributed by atoms with E-state index in [2.05, 4.69) is 4.18 Å². The molecule has 0 amide bonds. The Balaban J connectivity index is 1.61. The largest absolute Gasteiger partial charge is 0.726 e. The second-order valence-corrected chi connectivity index (χ2v) is 11.6. The fourth-order valence-corrected chi connectivity index (χ4v) is 5.63. The van der Waals surface area contributed by atoms with Gasteiger partial charge in [-0.25, -0.2) is 8.42 Å². The van der Waals surface area contributed by atoms with Crippen molar-refractivity contribution in [3.63, 3.8) is 0 Å². The molecule has 268 valence electrons. The summed E-state index contributed by atoms with van der Waals surface area (Å²) in [6.07, 6.45) is -30.9. The van der Waals surface area contributed by atoms with E-state index in [1.807, 2.05) is 0 Å². The van der Waals surface area contributed by atoms with Crippen molar-refractivity contribution in [1.82, 2.24) is 0 Å². The number of aliphatic carboxylic acids is 1. The van der Waals surface area contributed by atoms with E-state index in [1.54, 1.807) is 0 Å². The molecule has 21 nitrogen and oxygen atoms in total. The average Bonchev–Trinajstić information content (AvgIpc) is 3.02. The zero-order valence-corrected chi connectivity index (χ0v) is 25.0. The molecule has 3 heterocycles. The lowest BCUT2D eigenvalue weighted by atomic mass is 9.96. The molecule has 8 N–H and O–H groups in total. The molecule has 0 saturated carbocycles. The molecule has 0 unspecified atom stereocenters. The van der Waals surface area contributed by atoms with Crippen LogP contribution in [0.15, 0.2) is 24.3 Å². The van der Waals surface area contributed by atoms with Gasteiger partial charge in [-0.2, -0.15) is 0 Å². The molecule has 3 aliphatic rings. The summed E-state index contributed by atoms with van der Waals surface area (Å²) in [6, 6.07) is 5.91. The third-order valence-corrected chi connectivity index (χ3v) is 8.00. The number of carboxylic acid groups (broad SMARTS) is 1. The Morgan fingerprint density at radius 2 is 1.26 bits per heavy atom. The lowest BCUT2D eigenvalue weighted by Gasteiger charge is -2.49. The maximum atomic E-state index is 11.5. The van der Waals surface area contributed by atoms with Crippen molar-refractivity contribution in [2.45, 2.75) is 92.1 Å². The minimum absolute atomic E-state index is 0.136.